The van der Waals surface area contributed by atoms with Crippen molar-refractivity contribution in [1.82, 2.24) is 0 Å². The minimum atomic E-state index is -1.74. The van der Waals surface area contributed by atoms with Crippen molar-refractivity contribution in [3.05, 3.63) is 204 Å². The van der Waals surface area contributed by atoms with Gasteiger partial charge in [0.05, 0.1) is 47.1 Å². The van der Waals surface area contributed by atoms with E-state index in [-0.39, 0.29) is 33.6 Å². The van der Waals surface area contributed by atoms with Crippen molar-refractivity contribution in [3.63, 3.8) is 0 Å². The molecule has 0 amide bonds. The molecule has 2 heterocycles. The SMILES string of the molecule is COc1ccc(O[C@H]2O[C@H](C)[C@@H](OC(=O)c3ccccc3)[C@H](O[C@H]3O[C@H](C)[C@@H](OC(=O)c4ccccc4)[C@H](OC(=O)c4ccccc4)[C@@H]3OC(=O)c3ccccc3)[C@@H]2OC(=O)c2ccccc2)cc1. The summed E-state index contributed by atoms with van der Waals surface area (Å²) in [5.74, 6) is -3.32. The Labute approximate surface area is 397 Å². The first-order valence-electron chi connectivity index (χ1n) is 22.1. The second-order valence-corrected chi connectivity index (χ2v) is 16.0. The molecule has 0 aromatic heterocycles. The maximum atomic E-state index is 14.2. The van der Waals surface area contributed by atoms with E-state index in [4.69, 9.17) is 47.4 Å². The third kappa shape index (κ3) is 11.6. The van der Waals surface area contributed by atoms with Crippen LogP contribution in [0.2, 0.25) is 0 Å². The highest BCUT2D eigenvalue weighted by Gasteiger charge is 2.57. The van der Waals surface area contributed by atoms with Gasteiger partial charge in [-0.05, 0) is 98.8 Å². The molecule has 2 fully saturated rings. The quantitative estimate of drug-likeness (QED) is 0.0713. The molecule has 0 N–H and O–H groups in total. The highest BCUT2D eigenvalue weighted by Crippen LogP contribution is 2.37. The zero-order valence-electron chi connectivity index (χ0n) is 37.6. The summed E-state index contributed by atoms with van der Waals surface area (Å²) < 4.78 is 62.6. The van der Waals surface area contributed by atoms with Gasteiger partial charge in [0.15, 0.2) is 36.8 Å². The zero-order chi connectivity index (χ0) is 48.3. The highest BCUT2D eigenvalue weighted by atomic mass is 16.8. The van der Waals surface area contributed by atoms with Gasteiger partial charge in [-0.25, -0.2) is 24.0 Å². The lowest BCUT2D eigenvalue weighted by atomic mass is 9.96. The number of hydrogen-bond donors (Lipinski definition) is 0. The molecular weight excluding hydrogens is 889 g/mol. The highest BCUT2D eigenvalue weighted by molar-refractivity contribution is 5.92. The third-order valence-electron chi connectivity index (χ3n) is 11.3. The second kappa shape index (κ2) is 22.3. The van der Waals surface area contributed by atoms with Crippen LogP contribution < -0.4 is 9.47 Å². The summed E-state index contributed by atoms with van der Waals surface area (Å²) in [6.07, 6.45) is -14.7. The fourth-order valence-electron chi connectivity index (χ4n) is 7.79. The van der Waals surface area contributed by atoms with E-state index in [1.54, 1.807) is 166 Å². The Morgan fingerprint density at radius 1 is 0.348 bits per heavy atom. The van der Waals surface area contributed by atoms with Gasteiger partial charge in [0.25, 0.3) is 0 Å². The van der Waals surface area contributed by atoms with Gasteiger partial charge >= 0.3 is 29.8 Å². The van der Waals surface area contributed by atoms with Crippen molar-refractivity contribution < 1.29 is 71.3 Å². The first-order valence-corrected chi connectivity index (χ1v) is 22.1. The fraction of sp³-hybridized carbons (Fsp3) is 0.241. The summed E-state index contributed by atoms with van der Waals surface area (Å²) in [6.45, 7) is 3.17. The topological polar surface area (TPSA) is 178 Å². The molecule has 0 saturated carbocycles. The molecule has 10 atom stereocenters. The largest absolute Gasteiger partial charge is 0.497 e. The van der Waals surface area contributed by atoms with Gasteiger partial charge < -0.3 is 47.4 Å². The van der Waals surface area contributed by atoms with Crippen molar-refractivity contribution in [2.75, 3.05) is 7.11 Å². The molecule has 2 saturated heterocycles. The summed E-state index contributed by atoms with van der Waals surface area (Å²) in [5, 5.41) is 0. The molecule has 0 unspecified atom stereocenters. The van der Waals surface area contributed by atoms with Crippen LogP contribution in [0, 0.1) is 0 Å². The van der Waals surface area contributed by atoms with Crippen LogP contribution in [-0.4, -0.2) is 98.4 Å². The summed E-state index contributed by atoms with van der Waals surface area (Å²) in [6, 6.07) is 47.0. The lowest BCUT2D eigenvalue weighted by Gasteiger charge is -2.48. The number of hydrogen-bond acceptors (Lipinski definition) is 15. The van der Waals surface area contributed by atoms with E-state index in [9.17, 15) is 24.0 Å². The Hall–Kier alpha value is -7.85. The molecule has 0 aliphatic carbocycles. The van der Waals surface area contributed by atoms with E-state index in [0.717, 1.165) is 0 Å². The van der Waals surface area contributed by atoms with Gasteiger partial charge in [0, 0.05) is 0 Å². The lowest BCUT2D eigenvalue weighted by Crippen LogP contribution is -2.66. The van der Waals surface area contributed by atoms with Crippen molar-refractivity contribution in [1.29, 1.82) is 0 Å². The summed E-state index contributed by atoms with van der Waals surface area (Å²) in [5.41, 5.74) is 0.764. The van der Waals surface area contributed by atoms with Crippen molar-refractivity contribution in [2.45, 2.75) is 75.3 Å². The van der Waals surface area contributed by atoms with Crippen LogP contribution in [0.3, 0.4) is 0 Å². The van der Waals surface area contributed by atoms with Gasteiger partial charge in [-0.2, -0.15) is 0 Å². The molecule has 69 heavy (non-hydrogen) atoms. The van der Waals surface area contributed by atoms with E-state index in [1.807, 2.05) is 0 Å². The molecule has 15 nitrogen and oxygen atoms in total. The Kier molecular flexibility index (Phi) is 15.4. The molecule has 8 rings (SSSR count). The number of ether oxygens (including phenoxy) is 10. The monoisotopic (exact) mass is 936 g/mol. The minimum Gasteiger partial charge on any atom is -0.497 e. The molecule has 2 aliphatic rings. The Balaban J connectivity index is 1.24. The van der Waals surface area contributed by atoms with Crippen LogP contribution in [0.25, 0.3) is 0 Å². The first kappa shape index (κ1) is 47.6. The second-order valence-electron chi connectivity index (χ2n) is 16.0. The van der Waals surface area contributed by atoms with Gasteiger partial charge in [-0.1, -0.05) is 91.0 Å². The van der Waals surface area contributed by atoms with Gasteiger partial charge in [0.1, 0.15) is 17.6 Å². The van der Waals surface area contributed by atoms with Gasteiger partial charge in [-0.3, -0.25) is 0 Å². The maximum absolute atomic E-state index is 14.2. The van der Waals surface area contributed by atoms with E-state index < -0.39 is 91.3 Å². The molecular formula is C54H48O15. The minimum absolute atomic E-state index is 0.109. The van der Waals surface area contributed by atoms with Crippen LogP contribution in [0.15, 0.2) is 176 Å². The predicted molar refractivity (Wildman–Crippen MR) is 245 cm³/mol. The van der Waals surface area contributed by atoms with Crippen LogP contribution in [0.1, 0.15) is 65.6 Å². The van der Waals surface area contributed by atoms with E-state index in [0.29, 0.717) is 5.75 Å². The molecule has 0 spiro atoms. The third-order valence-corrected chi connectivity index (χ3v) is 11.3. The molecule has 6 aromatic rings. The summed E-state index contributed by atoms with van der Waals surface area (Å²) >= 11 is 0. The number of rotatable bonds is 15. The summed E-state index contributed by atoms with van der Waals surface area (Å²) in [4.78, 5) is 70.2. The first-order chi connectivity index (χ1) is 33.6. The Morgan fingerprint density at radius 2 is 0.638 bits per heavy atom. The normalized spacial score (nSPS) is 24.1. The van der Waals surface area contributed by atoms with Gasteiger partial charge in [0.2, 0.25) is 6.29 Å². The van der Waals surface area contributed by atoms with Crippen LogP contribution in [0.5, 0.6) is 11.5 Å². The van der Waals surface area contributed by atoms with E-state index in [2.05, 4.69) is 0 Å². The Bertz CT molecular complexity index is 2650. The average Bonchev–Trinajstić information content (AvgIpc) is 3.39. The van der Waals surface area contributed by atoms with Crippen molar-refractivity contribution in [2.24, 2.45) is 0 Å². The fourth-order valence-corrected chi connectivity index (χ4v) is 7.79. The summed E-state index contributed by atoms with van der Waals surface area (Å²) in [7, 11) is 1.51. The zero-order valence-corrected chi connectivity index (χ0v) is 37.6. The number of carbonyl (C=O) groups is 5. The number of esters is 5. The van der Waals surface area contributed by atoms with Crippen molar-refractivity contribution in [3.8, 4) is 11.5 Å². The molecule has 0 bridgehead atoms. The molecule has 0 radical (unpaired) electrons. The Morgan fingerprint density at radius 3 is 1.00 bits per heavy atom. The van der Waals surface area contributed by atoms with E-state index >= 15 is 0 Å². The molecule has 354 valence electrons. The smallest absolute Gasteiger partial charge is 0.338 e. The van der Waals surface area contributed by atoms with Crippen LogP contribution in [0.4, 0.5) is 0 Å². The average molecular weight is 937 g/mol. The molecule has 2 aliphatic heterocycles. The van der Waals surface area contributed by atoms with E-state index in [1.165, 1.54) is 31.4 Å². The number of carbonyl (C=O) groups excluding carboxylic acids is 5. The van der Waals surface area contributed by atoms with Crippen molar-refractivity contribution >= 4 is 29.8 Å². The number of benzene rings is 6. The van der Waals surface area contributed by atoms with Gasteiger partial charge in [-0.15, -0.1) is 0 Å². The predicted octanol–water partition coefficient (Wildman–Crippen LogP) is 8.08. The molecule has 15 heteroatoms. The van der Waals surface area contributed by atoms with Crippen LogP contribution in [-0.2, 0) is 37.9 Å². The number of methoxy groups -OCH3 is 1. The lowest BCUT2D eigenvalue weighted by molar-refractivity contribution is -0.343. The standard InChI is InChI=1S/C54H48O15/c1-33-42(64-48(55)35-19-9-4-10-20-35)44(66-50(57)37-23-13-6-14-24-37)46(67-51(58)38-25-15-7-16-26-38)54(62-33)69-45-43(65-49(56)36-21-11-5-12-22-36)34(2)61-53(63-41-31-29-40(60-3)30-32-41)47(45)68-52(59)39-27-17-8-18-28-39/h4-34,42-47,53-54H,1-3H3/t33-,34-,42-,43-,44+,45+,46+,47+,53-,54-/m1/s1. The van der Waals surface area contributed by atoms with Crippen LogP contribution >= 0.6 is 0 Å². The molecule has 6 aromatic carbocycles. The maximum Gasteiger partial charge on any atom is 0.338 e.